The topological polar surface area (TPSA) is 82.8 Å². The molecule has 0 unspecified atom stereocenters. The summed E-state index contributed by atoms with van der Waals surface area (Å²) in [5.41, 5.74) is -0.792. The van der Waals surface area contributed by atoms with Crippen LogP contribution in [0.1, 0.15) is 36.2 Å². The molecular weight excluding hydrogens is 436 g/mol. The summed E-state index contributed by atoms with van der Waals surface area (Å²) >= 11 is 6.37. The van der Waals surface area contributed by atoms with E-state index in [1.54, 1.807) is 4.57 Å². The second kappa shape index (κ2) is 8.53. The lowest BCUT2D eigenvalue weighted by Gasteiger charge is -2.36. The van der Waals surface area contributed by atoms with Crippen LogP contribution in [0.25, 0.3) is 10.9 Å². The number of anilines is 1. The number of nitrogens with zero attached hydrogens (tertiary/aromatic N) is 3. The van der Waals surface area contributed by atoms with Crippen molar-refractivity contribution in [3.63, 3.8) is 0 Å². The molecular formula is C20H22Cl2FN3O4. The molecule has 1 saturated carbocycles. The Labute approximate surface area is 183 Å². The average Bonchev–Trinajstić information content (AvgIpc) is 3.48. The highest BCUT2D eigenvalue weighted by Crippen LogP contribution is 2.41. The average molecular weight is 458 g/mol. The maximum atomic E-state index is 15.7. The highest BCUT2D eigenvalue weighted by Gasteiger charge is 2.31. The van der Waals surface area contributed by atoms with Crippen LogP contribution in [0.5, 0.6) is 0 Å². The molecule has 1 aliphatic carbocycles. The van der Waals surface area contributed by atoms with Gasteiger partial charge in [0.25, 0.3) is 0 Å². The number of hydrogen-bond acceptors (Lipinski definition) is 5. The first-order valence-electron chi connectivity index (χ1n) is 9.54. The van der Waals surface area contributed by atoms with Crippen LogP contribution in [0.3, 0.4) is 0 Å². The highest BCUT2D eigenvalue weighted by atomic mass is 35.5. The van der Waals surface area contributed by atoms with E-state index in [0.29, 0.717) is 32.7 Å². The largest absolute Gasteiger partial charge is 0.477 e. The number of carboxylic acids is 1. The minimum atomic E-state index is -1.34. The van der Waals surface area contributed by atoms with Gasteiger partial charge in [-0.05, 0) is 25.8 Å². The fourth-order valence-corrected chi connectivity index (χ4v) is 4.27. The van der Waals surface area contributed by atoms with Crippen molar-refractivity contribution >= 4 is 52.4 Å². The van der Waals surface area contributed by atoms with E-state index < -0.39 is 17.2 Å². The number of rotatable bonds is 5. The normalized spacial score (nSPS) is 17.1. The summed E-state index contributed by atoms with van der Waals surface area (Å²) in [7, 11) is 0. The fourth-order valence-electron chi connectivity index (χ4n) is 3.96. The van der Waals surface area contributed by atoms with Crippen LogP contribution < -0.4 is 10.3 Å². The number of carbonyl (C=O) groups excluding carboxylic acids is 1. The van der Waals surface area contributed by atoms with Crippen molar-refractivity contribution in [3.05, 3.63) is 38.9 Å². The van der Waals surface area contributed by atoms with Gasteiger partial charge in [0.05, 0.1) is 28.2 Å². The van der Waals surface area contributed by atoms with Gasteiger partial charge in [-0.15, -0.1) is 12.4 Å². The number of aromatic carboxylic acids is 1. The highest BCUT2D eigenvalue weighted by molar-refractivity contribution is 6.34. The van der Waals surface area contributed by atoms with Gasteiger partial charge in [0, 0.05) is 38.4 Å². The van der Waals surface area contributed by atoms with Crippen molar-refractivity contribution in [2.24, 2.45) is 0 Å². The summed E-state index contributed by atoms with van der Waals surface area (Å²) in [6.45, 7) is 4.09. The Hall–Kier alpha value is -2.16. The lowest BCUT2D eigenvalue weighted by atomic mass is 10.1. The molecule has 10 heteroatoms. The number of piperazine rings is 1. The van der Waals surface area contributed by atoms with Crippen LogP contribution in [0.2, 0.25) is 5.02 Å². The quantitative estimate of drug-likeness (QED) is 0.742. The summed E-state index contributed by atoms with van der Waals surface area (Å²) in [4.78, 5) is 39.3. The number of ketones is 1. The predicted octanol–water partition coefficient (Wildman–Crippen LogP) is 2.96. The first-order chi connectivity index (χ1) is 13.8. The van der Waals surface area contributed by atoms with E-state index in [-0.39, 0.29) is 51.4 Å². The van der Waals surface area contributed by atoms with Gasteiger partial charge in [0.1, 0.15) is 11.3 Å². The van der Waals surface area contributed by atoms with E-state index in [1.165, 1.54) is 19.2 Å². The van der Waals surface area contributed by atoms with Crippen LogP contribution in [-0.2, 0) is 4.79 Å². The molecule has 0 amide bonds. The third-order valence-corrected chi connectivity index (χ3v) is 5.78. The summed E-state index contributed by atoms with van der Waals surface area (Å²) in [5, 5.41) is 9.42. The number of halogens is 3. The summed E-state index contributed by atoms with van der Waals surface area (Å²) < 4.78 is 17.3. The molecule has 1 N–H and O–H groups in total. The van der Waals surface area contributed by atoms with E-state index >= 15 is 4.39 Å². The first kappa shape index (κ1) is 22.5. The number of Topliss-reactive ketones (excluding diaryl/α,β-unsaturated/α-hetero) is 1. The first-order valence-corrected chi connectivity index (χ1v) is 9.92. The Morgan fingerprint density at radius 1 is 1.23 bits per heavy atom. The zero-order chi connectivity index (χ0) is 20.9. The second-order valence-electron chi connectivity index (χ2n) is 7.70. The molecule has 7 nitrogen and oxygen atoms in total. The molecule has 2 heterocycles. The van der Waals surface area contributed by atoms with Gasteiger partial charge in [0.2, 0.25) is 5.43 Å². The smallest absolute Gasteiger partial charge is 0.341 e. The maximum Gasteiger partial charge on any atom is 0.341 e. The number of benzene rings is 1. The van der Waals surface area contributed by atoms with Crippen molar-refractivity contribution in [1.82, 2.24) is 9.47 Å². The molecule has 1 saturated heterocycles. The molecule has 1 aliphatic heterocycles. The van der Waals surface area contributed by atoms with Gasteiger partial charge in [-0.2, -0.15) is 0 Å². The number of aromatic nitrogens is 1. The van der Waals surface area contributed by atoms with Gasteiger partial charge < -0.3 is 14.6 Å². The van der Waals surface area contributed by atoms with Crippen molar-refractivity contribution in [2.45, 2.75) is 25.8 Å². The van der Waals surface area contributed by atoms with Crippen LogP contribution >= 0.6 is 24.0 Å². The molecule has 0 atom stereocenters. The van der Waals surface area contributed by atoms with Gasteiger partial charge in [-0.25, -0.2) is 9.18 Å². The minimum absolute atomic E-state index is 0. The predicted molar refractivity (Wildman–Crippen MR) is 115 cm³/mol. The molecule has 30 heavy (non-hydrogen) atoms. The monoisotopic (exact) mass is 457 g/mol. The van der Waals surface area contributed by atoms with Crippen LogP contribution in [-0.4, -0.2) is 59.0 Å². The minimum Gasteiger partial charge on any atom is -0.477 e. The van der Waals surface area contributed by atoms with Crippen molar-refractivity contribution in [1.29, 1.82) is 0 Å². The summed E-state index contributed by atoms with van der Waals surface area (Å²) in [6, 6.07) is 1.36. The molecule has 2 fully saturated rings. The van der Waals surface area contributed by atoms with Crippen LogP contribution in [0.4, 0.5) is 10.1 Å². The van der Waals surface area contributed by atoms with E-state index in [9.17, 15) is 19.5 Å². The molecule has 1 aromatic heterocycles. The molecule has 2 aliphatic rings. The molecule has 4 rings (SSSR count). The molecule has 0 bridgehead atoms. The number of carboxylic acid groups (broad SMARTS) is 1. The Morgan fingerprint density at radius 3 is 2.40 bits per heavy atom. The number of fused-ring (bicyclic) bond motifs is 1. The van der Waals surface area contributed by atoms with Gasteiger partial charge in [0.15, 0.2) is 5.82 Å². The second-order valence-corrected chi connectivity index (χ2v) is 8.11. The zero-order valence-electron chi connectivity index (χ0n) is 16.4. The SMILES string of the molecule is CC(=O)CN1CCN(c2c(Cl)cc3c(=O)c(C(=O)O)cn(C4CC4)c3c2F)CC1.Cl. The van der Waals surface area contributed by atoms with Gasteiger partial charge in [-0.3, -0.25) is 14.5 Å². The standard InChI is InChI=1S/C20H21ClFN3O4.ClH/c1-11(26)9-23-4-6-24(7-5-23)18-15(21)8-13-17(16(18)22)25(12-2-3-12)10-14(19(13)27)20(28)29;/h8,10,12H,2-7,9H2,1H3,(H,28,29);1H. The fraction of sp³-hybridized carbons (Fsp3) is 0.450. The third-order valence-electron chi connectivity index (χ3n) is 5.49. The number of pyridine rings is 1. The lowest BCUT2D eigenvalue weighted by Crippen LogP contribution is -2.48. The maximum absolute atomic E-state index is 15.7. The van der Waals surface area contributed by atoms with E-state index in [1.807, 2.05) is 9.80 Å². The third kappa shape index (κ3) is 4.04. The zero-order valence-corrected chi connectivity index (χ0v) is 17.9. The Balaban J connectivity index is 0.00000256. The Kier molecular flexibility index (Phi) is 6.40. The lowest BCUT2D eigenvalue weighted by molar-refractivity contribution is -0.118. The number of hydrogen-bond donors (Lipinski definition) is 1. The number of carbonyl (C=O) groups is 2. The molecule has 1 aromatic carbocycles. The van der Waals surface area contributed by atoms with Crippen LogP contribution in [0, 0.1) is 5.82 Å². The summed E-state index contributed by atoms with van der Waals surface area (Å²) in [5.74, 6) is -1.86. The van der Waals surface area contributed by atoms with Crippen molar-refractivity contribution in [2.75, 3.05) is 37.6 Å². The van der Waals surface area contributed by atoms with Gasteiger partial charge in [-0.1, -0.05) is 11.6 Å². The van der Waals surface area contributed by atoms with E-state index in [0.717, 1.165) is 12.8 Å². The molecule has 0 spiro atoms. The van der Waals surface area contributed by atoms with Crippen LogP contribution in [0.15, 0.2) is 17.1 Å². The van der Waals surface area contributed by atoms with Crippen molar-refractivity contribution in [3.8, 4) is 0 Å². The van der Waals surface area contributed by atoms with E-state index in [2.05, 4.69) is 0 Å². The Bertz CT molecular complexity index is 1080. The molecule has 0 radical (unpaired) electrons. The molecule has 2 aromatic rings. The van der Waals surface area contributed by atoms with E-state index in [4.69, 9.17) is 11.6 Å². The van der Waals surface area contributed by atoms with Crippen molar-refractivity contribution < 1.29 is 19.1 Å². The molecule has 162 valence electrons. The Morgan fingerprint density at radius 2 is 1.87 bits per heavy atom. The van der Waals surface area contributed by atoms with Gasteiger partial charge >= 0.3 is 5.97 Å². The summed E-state index contributed by atoms with van der Waals surface area (Å²) in [6.07, 6.45) is 2.85.